The minimum Gasteiger partial charge on any atom is -0.497 e. The van der Waals surface area contributed by atoms with Crippen LogP contribution in [0.15, 0.2) is 84.9 Å². The van der Waals surface area contributed by atoms with E-state index in [9.17, 15) is 29.4 Å². The van der Waals surface area contributed by atoms with Crippen molar-refractivity contribution in [3.8, 4) is 46.6 Å². The van der Waals surface area contributed by atoms with Crippen LogP contribution >= 0.6 is 0 Å². The predicted molar refractivity (Wildman–Crippen MR) is 235 cm³/mol. The van der Waals surface area contributed by atoms with Gasteiger partial charge in [0.2, 0.25) is 11.2 Å². The summed E-state index contributed by atoms with van der Waals surface area (Å²) in [7, 11) is 7.69. The van der Waals surface area contributed by atoms with Crippen LogP contribution in [0, 0.1) is 23.7 Å². The second kappa shape index (κ2) is 18.5. The molecule has 0 saturated carbocycles. The average molecular weight is 857 g/mol. The van der Waals surface area contributed by atoms with E-state index < -0.39 is 34.9 Å². The molecule has 0 spiro atoms. The summed E-state index contributed by atoms with van der Waals surface area (Å²) in [5, 5.41) is 31.1. The fraction of sp³-hybridized carbons (Fsp3) is 0.261. The number of hydrogen-bond donors (Lipinski definition) is 4. The number of aromatic nitrogens is 4. The fourth-order valence-corrected chi connectivity index (χ4v) is 6.99. The molecule has 2 aliphatic rings. The monoisotopic (exact) mass is 856 g/mol. The summed E-state index contributed by atoms with van der Waals surface area (Å²) in [5.41, 5.74) is 6.30. The Kier molecular flexibility index (Phi) is 13.6. The molecule has 2 aliphatic heterocycles. The van der Waals surface area contributed by atoms with Crippen LogP contribution in [0.2, 0.25) is 0 Å². The summed E-state index contributed by atoms with van der Waals surface area (Å²) in [6.07, 6.45) is 0.529. The number of ether oxygens (including phenoxy) is 3. The van der Waals surface area contributed by atoms with Gasteiger partial charge in [0, 0.05) is 74.1 Å². The SMILES string of the molecule is C.COC(=O)c1nn(-c2cccc(C#C[C@]3(O)CCN(C)C3=O)c2)c2cc(OC)ccc12.COc1ccc2c(C(N)=O)nn(-c3cccc(C#C[C@]4(O)CCN(C)C4=O)c3)c2c1.N. The van der Waals surface area contributed by atoms with E-state index in [-0.39, 0.29) is 37.8 Å². The molecule has 2 fully saturated rings. The summed E-state index contributed by atoms with van der Waals surface area (Å²) < 4.78 is 18.7. The molecule has 4 aromatic carbocycles. The topological polar surface area (TPSA) is 240 Å². The zero-order valence-corrected chi connectivity index (χ0v) is 34.6. The van der Waals surface area contributed by atoms with E-state index in [0.29, 0.717) is 68.9 Å². The zero-order valence-electron chi connectivity index (χ0n) is 34.6. The number of rotatable bonds is 6. The second-order valence-corrected chi connectivity index (χ2v) is 14.4. The van der Waals surface area contributed by atoms with E-state index in [4.69, 9.17) is 19.9 Å². The molecule has 4 heterocycles. The molecule has 8 rings (SSSR count). The highest BCUT2D eigenvalue weighted by Crippen LogP contribution is 2.29. The van der Waals surface area contributed by atoms with Crippen molar-refractivity contribution in [3.05, 3.63) is 107 Å². The molecule has 0 bridgehead atoms. The molecule has 0 unspecified atom stereocenters. The minimum absolute atomic E-state index is 0. The normalized spacial score (nSPS) is 17.6. The Morgan fingerprint density at radius 2 is 1.11 bits per heavy atom. The van der Waals surface area contributed by atoms with Crippen LogP contribution in [0.4, 0.5) is 0 Å². The Balaban J connectivity index is 0.000000230. The minimum atomic E-state index is -1.67. The Bertz CT molecular complexity index is 2880. The van der Waals surface area contributed by atoms with Gasteiger partial charge < -0.3 is 46.1 Å². The summed E-state index contributed by atoms with van der Waals surface area (Å²) in [5.74, 6) is 10.4. The summed E-state index contributed by atoms with van der Waals surface area (Å²) in [4.78, 5) is 51.2. The first-order valence-electron chi connectivity index (χ1n) is 18.9. The van der Waals surface area contributed by atoms with Gasteiger partial charge in [-0.2, -0.15) is 10.2 Å². The van der Waals surface area contributed by atoms with Gasteiger partial charge in [0.05, 0.1) is 43.7 Å². The molecule has 2 atom stereocenters. The number of primary amides is 1. The smallest absolute Gasteiger partial charge is 0.359 e. The van der Waals surface area contributed by atoms with E-state index >= 15 is 0 Å². The Labute approximate surface area is 363 Å². The standard InChI is InChI=1S/C23H21N3O5.C22H20N4O4.CH4.H3N/c1-25-12-11-23(29,22(25)28)10-9-15-5-4-6-16(13-15)26-19-14-17(30-2)7-8-18(19)20(24-26)21(27)31-3;1-25-11-10-22(29,21(25)28)9-8-14-4-3-5-15(12-14)26-18-13-16(30-2)6-7-17(18)19(24-26)20(23)27;;/h4-8,13-14,29H,11-12H2,1-3H3;3-7,12-13,29H,10-11H2,1-2H3,(H2,23,27);1H4;1H3/t23-;22-;;/m00../s1. The quantitative estimate of drug-likeness (QED) is 0.139. The number of benzene rings is 4. The number of aliphatic hydroxyl groups is 2. The number of nitrogens with two attached hydrogens (primary N) is 1. The predicted octanol–water partition coefficient (Wildman–Crippen LogP) is 3.64. The first-order valence-corrected chi connectivity index (χ1v) is 18.9. The van der Waals surface area contributed by atoms with Crippen molar-refractivity contribution in [2.45, 2.75) is 31.5 Å². The van der Waals surface area contributed by atoms with Gasteiger partial charge in [-0.3, -0.25) is 14.4 Å². The molecular formula is C46H48N8O9. The molecule has 17 heteroatoms. The molecule has 7 N–H and O–H groups in total. The maximum atomic E-state index is 12.2. The highest BCUT2D eigenvalue weighted by atomic mass is 16.5. The fourth-order valence-electron chi connectivity index (χ4n) is 6.99. The molecule has 6 aromatic rings. The van der Waals surface area contributed by atoms with Gasteiger partial charge in [-0.25, -0.2) is 14.2 Å². The Morgan fingerprint density at radius 1 is 0.683 bits per heavy atom. The molecule has 3 amide bonds. The van der Waals surface area contributed by atoms with E-state index in [1.54, 1.807) is 110 Å². The Morgan fingerprint density at radius 3 is 1.49 bits per heavy atom. The second-order valence-electron chi connectivity index (χ2n) is 14.4. The molecule has 2 saturated heterocycles. The van der Waals surface area contributed by atoms with Crippen molar-refractivity contribution in [1.82, 2.24) is 35.5 Å². The maximum absolute atomic E-state index is 12.2. The average Bonchev–Trinajstić information content (AvgIpc) is 4.00. The molecule has 17 nitrogen and oxygen atoms in total. The van der Waals surface area contributed by atoms with Crippen molar-refractivity contribution < 1.29 is 43.6 Å². The number of likely N-dealkylation sites (N-methyl/N-ethyl adjacent to an activating group) is 2. The van der Waals surface area contributed by atoms with Crippen molar-refractivity contribution in [2.24, 2.45) is 5.73 Å². The number of amides is 3. The first kappa shape index (κ1) is 46.4. The zero-order chi connectivity index (χ0) is 43.6. The van der Waals surface area contributed by atoms with Crippen LogP contribution in [0.3, 0.4) is 0 Å². The molecule has 2 aromatic heterocycles. The third-order valence-corrected chi connectivity index (χ3v) is 10.4. The van der Waals surface area contributed by atoms with Crippen LogP contribution in [0.25, 0.3) is 33.2 Å². The summed E-state index contributed by atoms with van der Waals surface area (Å²) in [6.45, 7) is 0.919. The highest BCUT2D eigenvalue weighted by Gasteiger charge is 2.43. The van der Waals surface area contributed by atoms with Gasteiger partial charge in [0.15, 0.2) is 11.4 Å². The van der Waals surface area contributed by atoms with Crippen LogP contribution in [0.1, 0.15) is 52.4 Å². The number of hydrogen-bond acceptors (Lipinski definition) is 12. The van der Waals surface area contributed by atoms with Gasteiger partial charge in [0.1, 0.15) is 11.5 Å². The van der Waals surface area contributed by atoms with E-state index in [1.807, 2.05) is 12.1 Å². The lowest BCUT2D eigenvalue weighted by Gasteiger charge is -2.13. The largest absolute Gasteiger partial charge is 0.497 e. The van der Waals surface area contributed by atoms with Crippen molar-refractivity contribution in [1.29, 1.82) is 0 Å². The lowest BCUT2D eigenvalue weighted by molar-refractivity contribution is -0.138. The Hall–Kier alpha value is -7.70. The number of carbonyl (C=O) groups excluding carboxylic acids is 4. The number of fused-ring (bicyclic) bond motifs is 2. The summed E-state index contributed by atoms with van der Waals surface area (Å²) in [6, 6.07) is 24.8. The van der Waals surface area contributed by atoms with Crippen LogP contribution in [-0.4, -0.2) is 123 Å². The highest BCUT2D eigenvalue weighted by molar-refractivity contribution is 6.05. The summed E-state index contributed by atoms with van der Waals surface area (Å²) >= 11 is 0. The lowest BCUT2D eigenvalue weighted by Crippen LogP contribution is -2.37. The number of nitrogens with zero attached hydrogens (tertiary/aromatic N) is 6. The molecule has 0 radical (unpaired) electrons. The van der Waals surface area contributed by atoms with E-state index in [0.717, 1.165) is 0 Å². The molecule has 326 valence electrons. The molecule has 0 aliphatic carbocycles. The van der Waals surface area contributed by atoms with Crippen molar-refractivity contribution in [3.63, 3.8) is 0 Å². The van der Waals surface area contributed by atoms with Gasteiger partial charge in [-0.15, -0.1) is 0 Å². The van der Waals surface area contributed by atoms with Gasteiger partial charge in [-0.05, 0) is 60.7 Å². The third kappa shape index (κ3) is 9.02. The lowest BCUT2D eigenvalue weighted by atomic mass is 10.0. The third-order valence-electron chi connectivity index (χ3n) is 10.4. The number of carbonyl (C=O) groups is 4. The van der Waals surface area contributed by atoms with E-state index in [2.05, 4.69) is 33.9 Å². The van der Waals surface area contributed by atoms with Crippen molar-refractivity contribution >= 4 is 45.5 Å². The first-order chi connectivity index (χ1) is 29.2. The van der Waals surface area contributed by atoms with Crippen LogP contribution in [-0.2, 0) is 14.3 Å². The molecular weight excluding hydrogens is 809 g/mol. The van der Waals surface area contributed by atoms with Gasteiger partial charge in [0.25, 0.3) is 17.7 Å². The van der Waals surface area contributed by atoms with Crippen molar-refractivity contribution in [2.75, 3.05) is 48.5 Å². The number of esters is 1. The number of methoxy groups -OCH3 is 3. The maximum Gasteiger partial charge on any atom is 0.359 e. The van der Waals surface area contributed by atoms with Gasteiger partial charge in [-0.1, -0.05) is 43.2 Å². The molecule has 63 heavy (non-hydrogen) atoms. The van der Waals surface area contributed by atoms with E-state index in [1.165, 1.54) is 16.9 Å². The number of likely N-dealkylation sites (tertiary alicyclic amines) is 2. The van der Waals surface area contributed by atoms with Crippen LogP contribution < -0.4 is 21.4 Å². The van der Waals surface area contributed by atoms with Crippen LogP contribution in [0.5, 0.6) is 11.5 Å². The van der Waals surface area contributed by atoms with Gasteiger partial charge >= 0.3 is 5.97 Å².